The van der Waals surface area contributed by atoms with Crippen LogP contribution in [0.2, 0.25) is 0 Å². The fraction of sp³-hybridized carbons (Fsp3) is 0.500. The van der Waals surface area contributed by atoms with Gasteiger partial charge in [0.2, 0.25) is 5.89 Å². The van der Waals surface area contributed by atoms with Crippen LogP contribution in [-0.2, 0) is 0 Å². The Kier molecular flexibility index (Phi) is 4.90. The molecule has 3 unspecified atom stereocenters. The van der Waals surface area contributed by atoms with Crippen molar-refractivity contribution in [3.05, 3.63) is 47.6 Å². The van der Waals surface area contributed by atoms with Crippen molar-refractivity contribution >= 4 is 0 Å². The molecule has 0 aliphatic carbocycles. The third-order valence-corrected chi connectivity index (χ3v) is 3.87. The zero-order valence-electron chi connectivity index (χ0n) is 12.6. The minimum Gasteiger partial charge on any atom is -0.339 e. The fourth-order valence-corrected chi connectivity index (χ4v) is 2.32. The first-order valence-electron chi connectivity index (χ1n) is 7.23. The van der Waals surface area contributed by atoms with E-state index in [1.165, 1.54) is 5.56 Å². The molecule has 0 aliphatic rings. The molecule has 0 radical (unpaired) electrons. The van der Waals surface area contributed by atoms with E-state index in [2.05, 4.69) is 48.4 Å². The lowest BCUT2D eigenvalue weighted by Gasteiger charge is -2.21. The molecular weight excluding hydrogens is 250 g/mol. The van der Waals surface area contributed by atoms with Crippen molar-refractivity contribution < 1.29 is 4.52 Å². The van der Waals surface area contributed by atoms with Crippen LogP contribution in [-0.4, -0.2) is 17.2 Å². The maximum absolute atomic E-state index is 5.45. The van der Waals surface area contributed by atoms with Gasteiger partial charge in [0.25, 0.3) is 0 Å². The van der Waals surface area contributed by atoms with E-state index in [1.807, 2.05) is 25.2 Å². The summed E-state index contributed by atoms with van der Waals surface area (Å²) in [6.45, 7) is 6.36. The molecule has 0 aliphatic heterocycles. The predicted molar refractivity (Wildman–Crippen MR) is 79.7 cm³/mol. The van der Waals surface area contributed by atoms with Gasteiger partial charge in [-0.25, -0.2) is 0 Å². The van der Waals surface area contributed by atoms with Gasteiger partial charge in [0.1, 0.15) is 0 Å². The molecule has 0 amide bonds. The van der Waals surface area contributed by atoms with E-state index in [0.717, 1.165) is 12.2 Å². The normalized spacial score (nSPS) is 15.8. The van der Waals surface area contributed by atoms with Gasteiger partial charge in [0.05, 0.1) is 5.92 Å². The van der Waals surface area contributed by atoms with Crippen molar-refractivity contribution in [2.75, 3.05) is 7.05 Å². The summed E-state index contributed by atoms with van der Waals surface area (Å²) in [5, 5.41) is 7.45. The molecule has 0 saturated heterocycles. The molecule has 1 aromatic carbocycles. The molecule has 3 atom stereocenters. The van der Waals surface area contributed by atoms with Crippen LogP contribution in [0.5, 0.6) is 0 Å². The first-order valence-corrected chi connectivity index (χ1v) is 7.23. The van der Waals surface area contributed by atoms with E-state index in [-0.39, 0.29) is 12.0 Å². The Bertz CT molecular complexity index is 524. The average molecular weight is 273 g/mol. The van der Waals surface area contributed by atoms with E-state index < -0.39 is 0 Å². The summed E-state index contributed by atoms with van der Waals surface area (Å²) in [4.78, 5) is 4.56. The van der Waals surface area contributed by atoms with Crippen molar-refractivity contribution in [3.63, 3.8) is 0 Å². The lowest BCUT2D eigenvalue weighted by molar-refractivity contribution is 0.327. The highest BCUT2D eigenvalue weighted by Crippen LogP contribution is 2.30. The van der Waals surface area contributed by atoms with Crippen molar-refractivity contribution in [2.45, 2.75) is 45.1 Å². The SMILES string of the molecule is CCC(C)c1noc(C(C)C(NC)c2ccccc2)n1. The lowest BCUT2D eigenvalue weighted by Crippen LogP contribution is -2.22. The van der Waals surface area contributed by atoms with Gasteiger partial charge in [-0.15, -0.1) is 0 Å². The van der Waals surface area contributed by atoms with Crippen LogP contribution < -0.4 is 5.32 Å². The van der Waals surface area contributed by atoms with Crippen LogP contribution in [0.1, 0.15) is 62.3 Å². The van der Waals surface area contributed by atoms with Crippen LogP contribution in [0, 0.1) is 0 Å². The minimum absolute atomic E-state index is 0.132. The minimum atomic E-state index is 0.132. The molecule has 4 heteroatoms. The monoisotopic (exact) mass is 273 g/mol. The number of aromatic nitrogens is 2. The Morgan fingerprint density at radius 3 is 2.50 bits per heavy atom. The van der Waals surface area contributed by atoms with E-state index >= 15 is 0 Å². The topological polar surface area (TPSA) is 51.0 Å². The number of hydrogen-bond donors (Lipinski definition) is 1. The van der Waals surface area contributed by atoms with E-state index in [0.29, 0.717) is 11.8 Å². The van der Waals surface area contributed by atoms with Gasteiger partial charge >= 0.3 is 0 Å². The molecule has 108 valence electrons. The van der Waals surface area contributed by atoms with Gasteiger partial charge in [0.15, 0.2) is 5.82 Å². The maximum Gasteiger partial charge on any atom is 0.231 e. The number of nitrogens with zero attached hydrogens (tertiary/aromatic N) is 2. The van der Waals surface area contributed by atoms with Gasteiger partial charge in [-0.1, -0.05) is 56.3 Å². The molecule has 0 spiro atoms. The molecule has 0 saturated carbocycles. The van der Waals surface area contributed by atoms with E-state index in [9.17, 15) is 0 Å². The molecule has 1 aromatic heterocycles. The van der Waals surface area contributed by atoms with Crippen molar-refractivity contribution in [1.29, 1.82) is 0 Å². The van der Waals surface area contributed by atoms with Crippen LogP contribution >= 0.6 is 0 Å². The third kappa shape index (κ3) is 3.07. The van der Waals surface area contributed by atoms with Crippen molar-refractivity contribution in [2.24, 2.45) is 0 Å². The second kappa shape index (κ2) is 6.66. The van der Waals surface area contributed by atoms with Gasteiger partial charge in [-0.2, -0.15) is 4.98 Å². The Labute approximate surface area is 120 Å². The molecular formula is C16H23N3O. The zero-order chi connectivity index (χ0) is 14.5. The largest absolute Gasteiger partial charge is 0.339 e. The summed E-state index contributed by atoms with van der Waals surface area (Å²) in [6.07, 6.45) is 1.02. The van der Waals surface area contributed by atoms with Crippen LogP contribution in [0.3, 0.4) is 0 Å². The summed E-state index contributed by atoms with van der Waals surface area (Å²) < 4.78 is 5.45. The number of likely N-dealkylation sites (N-methyl/N-ethyl adjacent to an activating group) is 1. The Hall–Kier alpha value is -1.68. The highest BCUT2D eigenvalue weighted by atomic mass is 16.5. The molecule has 0 bridgehead atoms. The Balaban J connectivity index is 2.20. The fourth-order valence-electron chi connectivity index (χ4n) is 2.32. The second-order valence-corrected chi connectivity index (χ2v) is 5.27. The van der Waals surface area contributed by atoms with Gasteiger partial charge in [-0.05, 0) is 19.0 Å². The smallest absolute Gasteiger partial charge is 0.231 e. The van der Waals surface area contributed by atoms with Gasteiger partial charge < -0.3 is 9.84 Å². The number of rotatable bonds is 6. The number of benzene rings is 1. The zero-order valence-corrected chi connectivity index (χ0v) is 12.6. The lowest BCUT2D eigenvalue weighted by atomic mass is 9.94. The highest BCUT2D eigenvalue weighted by Gasteiger charge is 2.25. The summed E-state index contributed by atoms with van der Waals surface area (Å²) in [5.74, 6) is 1.97. The maximum atomic E-state index is 5.45. The summed E-state index contributed by atoms with van der Waals surface area (Å²) >= 11 is 0. The average Bonchev–Trinajstić information content (AvgIpc) is 2.98. The predicted octanol–water partition coefficient (Wildman–Crippen LogP) is 3.65. The molecule has 0 fully saturated rings. The quantitative estimate of drug-likeness (QED) is 0.873. The summed E-state index contributed by atoms with van der Waals surface area (Å²) in [6, 6.07) is 10.5. The summed E-state index contributed by atoms with van der Waals surface area (Å²) in [5.41, 5.74) is 1.23. The summed E-state index contributed by atoms with van der Waals surface area (Å²) in [7, 11) is 1.96. The highest BCUT2D eigenvalue weighted by molar-refractivity contribution is 5.22. The molecule has 1 N–H and O–H groups in total. The molecule has 2 aromatic rings. The molecule has 2 rings (SSSR count). The van der Waals surface area contributed by atoms with Gasteiger partial charge in [0, 0.05) is 12.0 Å². The molecule has 4 nitrogen and oxygen atoms in total. The Morgan fingerprint density at radius 2 is 1.90 bits per heavy atom. The second-order valence-electron chi connectivity index (χ2n) is 5.27. The van der Waals surface area contributed by atoms with E-state index in [4.69, 9.17) is 4.52 Å². The number of hydrogen-bond acceptors (Lipinski definition) is 4. The standard InChI is InChI=1S/C16H23N3O/c1-5-11(2)15-18-16(20-19-15)12(3)14(17-4)13-9-7-6-8-10-13/h6-12,14,17H,5H2,1-4H3. The number of nitrogens with one attached hydrogen (secondary N) is 1. The van der Waals surface area contributed by atoms with E-state index in [1.54, 1.807) is 0 Å². The molecule has 20 heavy (non-hydrogen) atoms. The first-order chi connectivity index (χ1) is 9.67. The third-order valence-electron chi connectivity index (χ3n) is 3.87. The molecule has 1 heterocycles. The van der Waals surface area contributed by atoms with Crippen LogP contribution in [0.4, 0.5) is 0 Å². The first kappa shape index (κ1) is 14.7. The van der Waals surface area contributed by atoms with Gasteiger partial charge in [-0.3, -0.25) is 0 Å². The van der Waals surface area contributed by atoms with Crippen molar-refractivity contribution in [3.8, 4) is 0 Å². The van der Waals surface area contributed by atoms with Crippen LogP contribution in [0.15, 0.2) is 34.9 Å². The Morgan fingerprint density at radius 1 is 1.20 bits per heavy atom. The van der Waals surface area contributed by atoms with Crippen LogP contribution in [0.25, 0.3) is 0 Å². The van der Waals surface area contributed by atoms with Crippen molar-refractivity contribution in [1.82, 2.24) is 15.5 Å².